The molecule has 0 aliphatic carbocycles. The summed E-state index contributed by atoms with van der Waals surface area (Å²) >= 11 is 0. The summed E-state index contributed by atoms with van der Waals surface area (Å²) in [6, 6.07) is 27.4. The van der Waals surface area contributed by atoms with E-state index in [1.165, 1.54) is 5.56 Å². The van der Waals surface area contributed by atoms with Crippen LogP contribution in [0.25, 0.3) is 0 Å². The van der Waals surface area contributed by atoms with Crippen molar-refractivity contribution in [2.75, 3.05) is 43.4 Å². The normalized spacial score (nSPS) is 14.0. The van der Waals surface area contributed by atoms with Crippen LogP contribution in [0, 0.1) is 0 Å². The van der Waals surface area contributed by atoms with Gasteiger partial charge in [-0.3, -0.25) is 9.69 Å². The number of para-hydroxylation sites is 1. The van der Waals surface area contributed by atoms with E-state index < -0.39 is 0 Å². The highest BCUT2D eigenvalue weighted by Gasteiger charge is 2.21. The highest BCUT2D eigenvalue weighted by molar-refractivity contribution is 5.94. The molecule has 3 aromatic rings. The Morgan fingerprint density at radius 3 is 2.03 bits per heavy atom. The summed E-state index contributed by atoms with van der Waals surface area (Å²) in [5.41, 5.74) is 3.81. The smallest absolute Gasteiger partial charge is 0.321 e. The van der Waals surface area contributed by atoms with Crippen molar-refractivity contribution in [1.82, 2.24) is 9.80 Å². The van der Waals surface area contributed by atoms with Gasteiger partial charge in [0.2, 0.25) is 5.91 Å². The van der Waals surface area contributed by atoms with Gasteiger partial charge in [0.25, 0.3) is 0 Å². The molecule has 1 saturated heterocycles. The number of carbonyl (C=O) groups excluding carboxylic acids is 2. The maximum atomic E-state index is 12.7. The molecule has 0 bridgehead atoms. The predicted octanol–water partition coefficient (Wildman–Crippen LogP) is 4.24. The van der Waals surface area contributed by atoms with Gasteiger partial charge in [-0.25, -0.2) is 4.79 Å². The van der Waals surface area contributed by atoms with Gasteiger partial charge in [-0.2, -0.15) is 0 Å². The quantitative estimate of drug-likeness (QED) is 0.621. The van der Waals surface area contributed by atoms with Gasteiger partial charge in [0.05, 0.1) is 6.42 Å². The van der Waals surface area contributed by atoms with Crippen molar-refractivity contribution in [3.8, 4) is 0 Å². The molecule has 0 spiro atoms. The average molecular weight is 443 g/mol. The van der Waals surface area contributed by atoms with E-state index in [1.807, 2.05) is 65.6 Å². The van der Waals surface area contributed by atoms with E-state index in [1.54, 1.807) is 11.9 Å². The lowest BCUT2D eigenvalue weighted by atomic mass is 10.1. The number of piperazine rings is 1. The fraction of sp³-hybridized carbons (Fsp3) is 0.259. The highest BCUT2D eigenvalue weighted by atomic mass is 16.2. The second-order valence-electron chi connectivity index (χ2n) is 8.34. The van der Waals surface area contributed by atoms with Gasteiger partial charge in [-0.1, -0.05) is 60.7 Å². The molecule has 0 saturated carbocycles. The van der Waals surface area contributed by atoms with Gasteiger partial charge in [0.1, 0.15) is 0 Å². The van der Waals surface area contributed by atoms with Crippen LogP contribution in [-0.4, -0.2) is 55.0 Å². The van der Waals surface area contributed by atoms with E-state index in [9.17, 15) is 9.59 Å². The lowest BCUT2D eigenvalue weighted by Gasteiger charge is -2.34. The molecule has 3 amide bonds. The summed E-state index contributed by atoms with van der Waals surface area (Å²) in [5, 5.41) is 2.98. The van der Waals surface area contributed by atoms with E-state index in [0.29, 0.717) is 19.5 Å². The third-order valence-corrected chi connectivity index (χ3v) is 5.99. The van der Waals surface area contributed by atoms with Crippen LogP contribution in [-0.2, 0) is 17.8 Å². The number of anilines is 2. The van der Waals surface area contributed by atoms with E-state index >= 15 is 0 Å². The highest BCUT2D eigenvalue weighted by Crippen LogP contribution is 2.16. The minimum atomic E-state index is -0.0815. The van der Waals surface area contributed by atoms with Crippen molar-refractivity contribution in [3.63, 3.8) is 0 Å². The van der Waals surface area contributed by atoms with Crippen molar-refractivity contribution in [1.29, 1.82) is 0 Å². The SMILES string of the molecule is CN(C(=O)Cc1ccc(NC(=O)N2CCN(Cc3ccccc3)CC2)cc1)c1ccccc1. The van der Waals surface area contributed by atoms with Crippen LogP contribution in [0.1, 0.15) is 11.1 Å². The Balaban J connectivity index is 1.24. The molecule has 170 valence electrons. The molecule has 1 aliphatic heterocycles. The summed E-state index contributed by atoms with van der Waals surface area (Å²) < 4.78 is 0. The molecule has 6 nitrogen and oxygen atoms in total. The second-order valence-corrected chi connectivity index (χ2v) is 8.34. The number of benzene rings is 3. The lowest BCUT2D eigenvalue weighted by molar-refractivity contribution is -0.117. The molecular weight excluding hydrogens is 412 g/mol. The second kappa shape index (κ2) is 10.8. The summed E-state index contributed by atoms with van der Waals surface area (Å²) in [7, 11) is 1.78. The number of hydrogen-bond donors (Lipinski definition) is 1. The maximum Gasteiger partial charge on any atom is 0.321 e. The molecule has 33 heavy (non-hydrogen) atoms. The first-order valence-electron chi connectivity index (χ1n) is 11.3. The summed E-state index contributed by atoms with van der Waals surface area (Å²) in [6.45, 7) is 4.04. The fourth-order valence-corrected chi connectivity index (χ4v) is 3.95. The summed E-state index contributed by atoms with van der Waals surface area (Å²) in [6.07, 6.45) is 0.309. The number of hydrogen-bond acceptors (Lipinski definition) is 3. The lowest BCUT2D eigenvalue weighted by Crippen LogP contribution is -2.49. The number of carbonyl (C=O) groups is 2. The molecule has 0 atom stereocenters. The Bertz CT molecular complexity index is 1050. The zero-order valence-electron chi connectivity index (χ0n) is 19.0. The topological polar surface area (TPSA) is 55.9 Å². The van der Waals surface area contributed by atoms with E-state index in [4.69, 9.17) is 0 Å². The van der Waals surface area contributed by atoms with Crippen LogP contribution in [0.5, 0.6) is 0 Å². The van der Waals surface area contributed by atoms with E-state index in [2.05, 4.69) is 34.5 Å². The van der Waals surface area contributed by atoms with Crippen LogP contribution in [0.15, 0.2) is 84.9 Å². The molecule has 1 N–H and O–H groups in total. The zero-order chi connectivity index (χ0) is 23.0. The molecular formula is C27H30N4O2. The van der Waals surface area contributed by atoms with Gasteiger partial charge in [-0.05, 0) is 35.4 Å². The molecule has 0 aromatic heterocycles. The number of rotatable bonds is 6. The van der Waals surface area contributed by atoms with Gasteiger partial charge < -0.3 is 15.1 Å². The molecule has 3 aromatic carbocycles. The maximum absolute atomic E-state index is 12.7. The predicted molar refractivity (Wildman–Crippen MR) is 132 cm³/mol. The number of nitrogens with one attached hydrogen (secondary N) is 1. The Labute approximate surface area is 195 Å². The Morgan fingerprint density at radius 1 is 0.788 bits per heavy atom. The van der Waals surface area contributed by atoms with Crippen LogP contribution in [0.3, 0.4) is 0 Å². The van der Waals surface area contributed by atoms with Crippen molar-refractivity contribution >= 4 is 23.3 Å². The van der Waals surface area contributed by atoms with Crippen LogP contribution in [0.4, 0.5) is 16.2 Å². The monoisotopic (exact) mass is 442 g/mol. The van der Waals surface area contributed by atoms with Crippen molar-refractivity contribution in [3.05, 3.63) is 96.1 Å². The molecule has 1 heterocycles. The van der Waals surface area contributed by atoms with Crippen molar-refractivity contribution in [2.45, 2.75) is 13.0 Å². The minimum Gasteiger partial charge on any atom is -0.322 e. The van der Waals surface area contributed by atoms with Crippen molar-refractivity contribution < 1.29 is 9.59 Å². The Kier molecular flexibility index (Phi) is 7.37. The largest absolute Gasteiger partial charge is 0.322 e. The van der Waals surface area contributed by atoms with Crippen LogP contribution >= 0.6 is 0 Å². The van der Waals surface area contributed by atoms with E-state index in [-0.39, 0.29) is 11.9 Å². The number of likely N-dealkylation sites (N-methyl/N-ethyl adjacent to an activating group) is 1. The first-order valence-corrected chi connectivity index (χ1v) is 11.3. The first-order chi connectivity index (χ1) is 16.1. The molecule has 0 unspecified atom stereocenters. The molecule has 1 aliphatic rings. The Morgan fingerprint density at radius 2 is 1.39 bits per heavy atom. The standard InChI is InChI=1S/C27H30N4O2/c1-29(25-10-6-3-7-11-25)26(32)20-22-12-14-24(15-13-22)28-27(33)31-18-16-30(17-19-31)21-23-8-4-2-5-9-23/h2-15H,16-21H2,1H3,(H,28,33). The van der Waals surface area contributed by atoms with Crippen LogP contribution < -0.4 is 10.2 Å². The van der Waals surface area contributed by atoms with Crippen molar-refractivity contribution in [2.24, 2.45) is 0 Å². The molecule has 4 rings (SSSR count). The summed E-state index contributed by atoms with van der Waals surface area (Å²) in [4.78, 5) is 31.1. The van der Waals surface area contributed by atoms with Gasteiger partial charge in [0.15, 0.2) is 0 Å². The van der Waals surface area contributed by atoms with Gasteiger partial charge in [0, 0.05) is 51.1 Å². The van der Waals surface area contributed by atoms with E-state index in [0.717, 1.165) is 36.6 Å². The van der Waals surface area contributed by atoms with Crippen LogP contribution in [0.2, 0.25) is 0 Å². The molecule has 6 heteroatoms. The minimum absolute atomic E-state index is 0.0198. The third kappa shape index (κ3) is 6.20. The molecule has 0 radical (unpaired) electrons. The number of amides is 3. The average Bonchev–Trinajstić information content (AvgIpc) is 2.86. The third-order valence-electron chi connectivity index (χ3n) is 5.99. The Hall–Kier alpha value is -3.64. The first kappa shape index (κ1) is 22.6. The van der Waals surface area contributed by atoms with Gasteiger partial charge in [-0.15, -0.1) is 0 Å². The number of urea groups is 1. The molecule has 1 fully saturated rings. The number of nitrogens with zero attached hydrogens (tertiary/aromatic N) is 3. The fourth-order valence-electron chi connectivity index (χ4n) is 3.95. The van der Waals surface area contributed by atoms with Gasteiger partial charge >= 0.3 is 6.03 Å². The zero-order valence-corrected chi connectivity index (χ0v) is 19.0. The summed E-state index contributed by atoms with van der Waals surface area (Å²) in [5.74, 6) is 0.0198.